The Hall–Kier alpha value is -2.58. The summed E-state index contributed by atoms with van der Waals surface area (Å²) in [4.78, 5) is 1.86. The molecule has 1 aliphatic rings. The van der Waals surface area contributed by atoms with E-state index in [0.29, 0.717) is 13.1 Å². The number of halogens is 2. The third-order valence-corrected chi connectivity index (χ3v) is 4.50. The van der Waals surface area contributed by atoms with Crippen molar-refractivity contribution >= 4 is 29.2 Å². The molecule has 0 bridgehead atoms. The molecule has 0 aromatic heterocycles. The fraction of sp³-hybridized carbons (Fsp3) is 0.263. The molecule has 3 rings (SSSR count). The van der Waals surface area contributed by atoms with E-state index in [2.05, 4.69) is 40.2 Å². The predicted molar refractivity (Wildman–Crippen MR) is 108 cm³/mol. The highest BCUT2D eigenvalue weighted by Crippen LogP contribution is 2.26. The number of rotatable bonds is 6. The second kappa shape index (κ2) is 8.88. The molecule has 1 fully saturated rings. The normalized spacial score (nSPS) is 16.8. The number of nitrogens with one attached hydrogen (secondary N) is 2. The van der Waals surface area contributed by atoms with Crippen LogP contribution in [-0.2, 0) is 6.54 Å². The molecule has 8 heteroatoms. The van der Waals surface area contributed by atoms with Gasteiger partial charge in [0.2, 0.25) is 0 Å². The summed E-state index contributed by atoms with van der Waals surface area (Å²) in [6.07, 6.45) is 2.02. The summed E-state index contributed by atoms with van der Waals surface area (Å²) in [5.74, 6) is -1.04. The number of hydrazone groups is 1. The van der Waals surface area contributed by atoms with Crippen molar-refractivity contribution in [2.45, 2.75) is 19.0 Å². The molecule has 1 heterocycles. The third-order valence-electron chi connectivity index (χ3n) is 4.41. The average Bonchev–Trinajstić information content (AvgIpc) is 3.12. The van der Waals surface area contributed by atoms with E-state index in [1.165, 1.54) is 11.6 Å². The monoisotopic (exact) mass is 389 g/mol. The molecule has 2 aromatic carbocycles. The second-order valence-electron chi connectivity index (χ2n) is 6.36. The van der Waals surface area contributed by atoms with E-state index in [9.17, 15) is 8.78 Å². The third kappa shape index (κ3) is 5.21. The SMILES string of the molecule is NC(=S)N/N=C/c1cc(F)c(N2CC[C@H](NCc3ccccc3)C2)cc1F. The van der Waals surface area contributed by atoms with Crippen LogP contribution in [0.2, 0.25) is 0 Å². The molecule has 142 valence electrons. The molecule has 27 heavy (non-hydrogen) atoms. The zero-order valence-electron chi connectivity index (χ0n) is 14.7. The number of hydrogen-bond acceptors (Lipinski definition) is 4. The first-order valence-electron chi connectivity index (χ1n) is 8.62. The molecule has 0 amide bonds. The lowest BCUT2D eigenvalue weighted by atomic mass is 10.2. The van der Waals surface area contributed by atoms with Crippen LogP contribution in [0.4, 0.5) is 14.5 Å². The van der Waals surface area contributed by atoms with E-state index >= 15 is 0 Å². The van der Waals surface area contributed by atoms with Gasteiger partial charge in [0.25, 0.3) is 0 Å². The lowest BCUT2D eigenvalue weighted by Crippen LogP contribution is -2.32. The van der Waals surface area contributed by atoms with Gasteiger partial charge in [0.05, 0.1) is 11.9 Å². The van der Waals surface area contributed by atoms with Crippen molar-refractivity contribution in [3.8, 4) is 0 Å². The Kier molecular flexibility index (Phi) is 6.31. The molecule has 0 radical (unpaired) electrons. The standard InChI is InChI=1S/C19H21F2N5S/c20-16-9-18(17(21)8-14(16)11-24-25-19(22)27)26-7-6-15(12-26)23-10-13-4-2-1-3-5-13/h1-5,8-9,11,15,23H,6-7,10,12H2,(H3,22,25,27)/b24-11+/t15-/m0/s1. The Morgan fingerprint density at radius 1 is 1.26 bits per heavy atom. The van der Waals surface area contributed by atoms with Crippen molar-refractivity contribution in [2.75, 3.05) is 18.0 Å². The van der Waals surface area contributed by atoms with Gasteiger partial charge in [-0.05, 0) is 30.3 Å². The zero-order chi connectivity index (χ0) is 19.2. The van der Waals surface area contributed by atoms with E-state index in [-0.39, 0.29) is 22.4 Å². The van der Waals surface area contributed by atoms with Crippen molar-refractivity contribution in [3.05, 3.63) is 65.2 Å². The van der Waals surface area contributed by atoms with Crippen LogP contribution < -0.4 is 21.4 Å². The van der Waals surface area contributed by atoms with E-state index in [0.717, 1.165) is 25.2 Å². The number of nitrogens with two attached hydrogens (primary N) is 1. The largest absolute Gasteiger partial charge is 0.375 e. The molecule has 4 N–H and O–H groups in total. The number of benzene rings is 2. The van der Waals surface area contributed by atoms with Gasteiger partial charge in [-0.2, -0.15) is 5.10 Å². The first kappa shape index (κ1) is 19.2. The fourth-order valence-corrected chi connectivity index (χ4v) is 3.11. The van der Waals surface area contributed by atoms with Gasteiger partial charge in [-0.25, -0.2) is 8.78 Å². The van der Waals surface area contributed by atoms with Gasteiger partial charge in [-0.3, -0.25) is 5.43 Å². The smallest absolute Gasteiger partial charge is 0.184 e. The number of anilines is 1. The fourth-order valence-electron chi connectivity index (χ4n) is 3.06. The van der Waals surface area contributed by atoms with Gasteiger partial charge in [0.1, 0.15) is 11.6 Å². The second-order valence-corrected chi connectivity index (χ2v) is 6.80. The minimum atomic E-state index is -0.555. The lowest BCUT2D eigenvalue weighted by Gasteiger charge is -2.20. The average molecular weight is 389 g/mol. The van der Waals surface area contributed by atoms with Crippen molar-refractivity contribution in [2.24, 2.45) is 10.8 Å². The first-order valence-corrected chi connectivity index (χ1v) is 9.03. The molecular formula is C19H21F2N5S. The van der Waals surface area contributed by atoms with Crippen LogP contribution in [-0.4, -0.2) is 30.5 Å². The topological polar surface area (TPSA) is 65.7 Å². The van der Waals surface area contributed by atoms with Crippen molar-refractivity contribution in [3.63, 3.8) is 0 Å². The summed E-state index contributed by atoms with van der Waals surface area (Å²) in [7, 11) is 0. The van der Waals surface area contributed by atoms with Crippen molar-refractivity contribution in [1.82, 2.24) is 10.7 Å². The lowest BCUT2D eigenvalue weighted by molar-refractivity contribution is 0.550. The Balaban J connectivity index is 1.62. The summed E-state index contributed by atoms with van der Waals surface area (Å²) in [6.45, 7) is 2.04. The molecule has 2 aromatic rings. The van der Waals surface area contributed by atoms with Crippen LogP contribution in [0.1, 0.15) is 17.5 Å². The van der Waals surface area contributed by atoms with Gasteiger partial charge in [0, 0.05) is 37.3 Å². The van der Waals surface area contributed by atoms with Crippen LogP contribution in [0.25, 0.3) is 0 Å². The van der Waals surface area contributed by atoms with E-state index in [4.69, 9.17) is 5.73 Å². The van der Waals surface area contributed by atoms with Gasteiger partial charge < -0.3 is 16.0 Å². The molecule has 0 unspecified atom stereocenters. The van der Waals surface area contributed by atoms with Crippen LogP contribution in [0, 0.1) is 11.6 Å². The quantitative estimate of drug-likeness (QED) is 0.403. The van der Waals surface area contributed by atoms with Crippen LogP contribution in [0.3, 0.4) is 0 Å². The highest BCUT2D eigenvalue weighted by atomic mass is 32.1. The molecule has 0 aliphatic carbocycles. The molecule has 1 atom stereocenters. The molecule has 0 spiro atoms. The van der Waals surface area contributed by atoms with Gasteiger partial charge in [-0.1, -0.05) is 30.3 Å². The van der Waals surface area contributed by atoms with Crippen LogP contribution in [0.5, 0.6) is 0 Å². The number of thiocarbonyl (C=S) groups is 1. The summed E-state index contributed by atoms with van der Waals surface area (Å²) >= 11 is 4.60. The Bertz CT molecular complexity index is 828. The maximum atomic E-state index is 14.5. The summed E-state index contributed by atoms with van der Waals surface area (Å²) in [5, 5.41) is 7.09. The Morgan fingerprint density at radius 3 is 2.78 bits per heavy atom. The van der Waals surface area contributed by atoms with Crippen molar-refractivity contribution < 1.29 is 8.78 Å². The maximum Gasteiger partial charge on any atom is 0.184 e. The maximum absolute atomic E-state index is 14.5. The van der Waals surface area contributed by atoms with Gasteiger partial charge in [0.15, 0.2) is 5.11 Å². The molecule has 1 saturated heterocycles. The van der Waals surface area contributed by atoms with Gasteiger partial charge >= 0.3 is 0 Å². The zero-order valence-corrected chi connectivity index (χ0v) is 15.5. The summed E-state index contributed by atoms with van der Waals surface area (Å²) < 4.78 is 28.8. The molecular weight excluding hydrogens is 368 g/mol. The van der Waals surface area contributed by atoms with E-state index in [1.54, 1.807) is 0 Å². The number of hydrogen-bond donors (Lipinski definition) is 3. The predicted octanol–water partition coefficient (Wildman–Crippen LogP) is 2.50. The number of nitrogens with zero attached hydrogens (tertiary/aromatic N) is 2. The van der Waals surface area contributed by atoms with E-state index < -0.39 is 11.6 Å². The van der Waals surface area contributed by atoms with Crippen molar-refractivity contribution in [1.29, 1.82) is 0 Å². The van der Waals surface area contributed by atoms with E-state index in [1.807, 2.05) is 23.1 Å². The van der Waals surface area contributed by atoms with Gasteiger partial charge in [-0.15, -0.1) is 0 Å². The van der Waals surface area contributed by atoms with Crippen LogP contribution in [0.15, 0.2) is 47.6 Å². The Labute approximate surface area is 162 Å². The minimum absolute atomic E-state index is 0.0259. The summed E-state index contributed by atoms with van der Waals surface area (Å²) in [5.41, 5.74) is 9.03. The molecule has 5 nitrogen and oxygen atoms in total. The minimum Gasteiger partial charge on any atom is -0.375 e. The highest BCUT2D eigenvalue weighted by Gasteiger charge is 2.25. The molecule has 0 saturated carbocycles. The summed E-state index contributed by atoms with van der Waals surface area (Å²) in [6, 6.07) is 12.6. The highest BCUT2D eigenvalue weighted by molar-refractivity contribution is 7.80. The van der Waals surface area contributed by atoms with Crippen LogP contribution >= 0.6 is 12.2 Å². The molecule has 1 aliphatic heterocycles. The Morgan fingerprint density at radius 2 is 2.04 bits per heavy atom. The first-order chi connectivity index (χ1) is 13.0.